The average Bonchev–Trinajstić information content (AvgIpc) is 4.11. The molecule has 0 spiro atoms. The zero-order valence-corrected chi connectivity index (χ0v) is 46.9. The summed E-state index contributed by atoms with van der Waals surface area (Å²) in [6.45, 7) is 3.57. The first-order valence-corrected chi connectivity index (χ1v) is 28.7. The van der Waals surface area contributed by atoms with E-state index in [1.807, 2.05) is 206 Å². The van der Waals surface area contributed by atoms with Crippen LogP contribution in [0.2, 0.25) is 0 Å². The fraction of sp³-hybridized carbons (Fsp3) is 0.382. The summed E-state index contributed by atoms with van der Waals surface area (Å²) in [6.07, 6.45) is -7.10. The molecule has 438 valence electrons. The van der Waals surface area contributed by atoms with Gasteiger partial charge in [0, 0.05) is 0 Å². The van der Waals surface area contributed by atoms with E-state index in [0.717, 1.165) is 33.4 Å². The van der Waals surface area contributed by atoms with Crippen molar-refractivity contribution in [2.45, 2.75) is 94.4 Å². The monoisotopic (exact) mass is 1130 g/mol. The van der Waals surface area contributed by atoms with Crippen molar-refractivity contribution in [3.63, 3.8) is 0 Å². The Morgan fingerprint density at radius 3 is 1.16 bits per heavy atom. The molecule has 0 unspecified atom stereocenters. The quantitative estimate of drug-likeness (QED) is 0.0759. The van der Waals surface area contributed by atoms with Crippen LogP contribution in [-0.4, -0.2) is 127 Å². The number of hydrogen-bond donors (Lipinski definition) is 0. The highest BCUT2D eigenvalue weighted by molar-refractivity contribution is 5.39. The normalized spacial score (nSPS) is 24.9. The van der Waals surface area contributed by atoms with Gasteiger partial charge in [-0.1, -0.05) is 194 Å². The predicted octanol–water partition coefficient (Wildman–Crippen LogP) is 10.5. The lowest BCUT2D eigenvalue weighted by Gasteiger charge is -2.48. The van der Waals surface area contributed by atoms with Crippen LogP contribution in [0.25, 0.3) is 0 Å². The molecule has 2 fully saturated rings. The second kappa shape index (κ2) is 32.6. The Bertz CT molecular complexity index is 2840. The van der Waals surface area contributed by atoms with Crippen molar-refractivity contribution < 1.29 is 71.1 Å². The SMILES string of the molecule is c1ccc(COC[C@@]23O[C@H]4O[C@H](COCCOCCOc5ccccc5OCCOCCOC[C@@H](O2)[C@H](OCc2ccccc2)[C@@H]3OCc2ccccc2)[C@H](OCc2ccccc2)[C@H](OCc2ccccc2)[C@H]4OCc2ccccc2)cc1. The third kappa shape index (κ3) is 18.1. The van der Waals surface area contributed by atoms with Crippen molar-refractivity contribution in [2.24, 2.45) is 0 Å². The first-order valence-electron chi connectivity index (χ1n) is 28.7. The van der Waals surface area contributed by atoms with E-state index in [1.54, 1.807) is 0 Å². The summed E-state index contributed by atoms with van der Waals surface area (Å²) >= 11 is 0. The van der Waals surface area contributed by atoms with Crippen molar-refractivity contribution in [2.75, 3.05) is 72.7 Å². The van der Waals surface area contributed by atoms with Gasteiger partial charge in [-0.05, 0) is 45.5 Å². The van der Waals surface area contributed by atoms with Crippen LogP contribution >= 0.6 is 0 Å². The minimum atomic E-state index is -1.75. The van der Waals surface area contributed by atoms with Gasteiger partial charge >= 0.3 is 0 Å². The van der Waals surface area contributed by atoms with Crippen LogP contribution in [0.15, 0.2) is 206 Å². The zero-order chi connectivity index (χ0) is 56.4. The van der Waals surface area contributed by atoms with Gasteiger partial charge in [-0.15, -0.1) is 0 Å². The molecule has 4 bridgehead atoms. The van der Waals surface area contributed by atoms with Gasteiger partial charge in [0.05, 0.1) is 92.5 Å². The first-order chi connectivity index (χ1) is 41.2. The second-order valence-electron chi connectivity index (χ2n) is 20.4. The van der Waals surface area contributed by atoms with E-state index in [1.165, 1.54) is 0 Å². The van der Waals surface area contributed by atoms with E-state index < -0.39 is 54.8 Å². The molecule has 0 saturated carbocycles. The van der Waals surface area contributed by atoms with Crippen LogP contribution in [0.1, 0.15) is 33.4 Å². The molecular formula is C68H76O15. The molecule has 3 aliphatic heterocycles. The van der Waals surface area contributed by atoms with Crippen molar-refractivity contribution in [1.29, 1.82) is 0 Å². The maximum absolute atomic E-state index is 7.67. The van der Waals surface area contributed by atoms with Gasteiger partial charge in [-0.25, -0.2) is 0 Å². The summed E-state index contributed by atoms with van der Waals surface area (Å²) in [5.41, 5.74) is 5.70. The summed E-state index contributed by atoms with van der Waals surface area (Å²) in [7, 11) is 0. The fourth-order valence-electron chi connectivity index (χ4n) is 10.2. The largest absolute Gasteiger partial charge is 0.487 e. The van der Waals surface area contributed by atoms with Gasteiger partial charge in [0.25, 0.3) is 0 Å². The molecule has 7 aromatic carbocycles. The molecule has 0 radical (unpaired) electrons. The number of hydrogen-bond acceptors (Lipinski definition) is 15. The van der Waals surface area contributed by atoms with Crippen LogP contribution in [-0.2, 0) is 101 Å². The molecule has 0 N–H and O–H groups in total. The van der Waals surface area contributed by atoms with Crippen LogP contribution in [0, 0.1) is 0 Å². The highest BCUT2D eigenvalue weighted by Gasteiger charge is 2.62. The number of rotatable bonds is 19. The lowest BCUT2D eigenvalue weighted by atomic mass is 9.97. The van der Waals surface area contributed by atoms with Crippen LogP contribution in [0.3, 0.4) is 0 Å². The van der Waals surface area contributed by atoms with Crippen molar-refractivity contribution in [3.8, 4) is 11.5 Å². The molecule has 10 rings (SSSR count). The van der Waals surface area contributed by atoms with Crippen LogP contribution in [0.4, 0.5) is 0 Å². The summed E-state index contributed by atoms with van der Waals surface area (Å²) < 4.78 is 102. The summed E-state index contributed by atoms with van der Waals surface area (Å²) in [4.78, 5) is 0. The Hall–Kier alpha value is -6.38. The Labute approximate surface area is 487 Å². The molecular weight excluding hydrogens is 1060 g/mol. The van der Waals surface area contributed by atoms with Crippen LogP contribution in [0.5, 0.6) is 11.5 Å². The van der Waals surface area contributed by atoms with E-state index in [0.29, 0.717) is 37.9 Å². The summed E-state index contributed by atoms with van der Waals surface area (Å²) in [6, 6.07) is 67.5. The maximum Gasteiger partial charge on any atom is 0.224 e. The minimum absolute atomic E-state index is 0.0636. The third-order valence-electron chi connectivity index (χ3n) is 14.3. The highest BCUT2D eigenvalue weighted by Crippen LogP contribution is 2.43. The fourth-order valence-corrected chi connectivity index (χ4v) is 10.2. The molecule has 0 amide bonds. The van der Waals surface area contributed by atoms with Crippen molar-refractivity contribution in [3.05, 3.63) is 240 Å². The average molecular weight is 1130 g/mol. The Morgan fingerprint density at radius 1 is 0.325 bits per heavy atom. The standard InChI is InChI=1S/C68H76O15/c1-7-21-52(22-8-1)43-73-51-68-66(80-48-57-31-17-6-18-32-57)63(77-45-54-25-11-3-12-26-54)61(82-68)50-72-38-36-70-40-42-75-59-34-20-19-33-58(59)74-41-39-69-35-37-71-49-60-62(76-44-53-23-9-2-10-24-53)64(78-46-55-27-13-4-14-28-55)65(67(81-60)83-68)79-47-56-29-15-5-16-30-56/h1-34,60-67H,35-51H2/t60-,61-,62+,63+,64+,65-,66+,67-,68+/m1/s1. The Balaban J connectivity index is 1.05. The smallest absolute Gasteiger partial charge is 0.224 e. The number of benzene rings is 7. The molecule has 9 atom stereocenters. The lowest BCUT2D eigenvalue weighted by Crippen LogP contribution is -2.65. The molecule has 2 saturated heterocycles. The number of ether oxygens (including phenoxy) is 15. The van der Waals surface area contributed by atoms with Gasteiger partial charge in [-0.3, -0.25) is 0 Å². The van der Waals surface area contributed by atoms with Gasteiger partial charge in [-0.2, -0.15) is 0 Å². The van der Waals surface area contributed by atoms with Gasteiger partial charge in [0.2, 0.25) is 5.79 Å². The highest BCUT2D eigenvalue weighted by atomic mass is 16.8. The molecule has 15 nitrogen and oxygen atoms in total. The van der Waals surface area contributed by atoms with E-state index in [4.69, 9.17) is 71.1 Å². The Morgan fingerprint density at radius 2 is 0.687 bits per heavy atom. The molecule has 3 heterocycles. The lowest BCUT2D eigenvalue weighted by molar-refractivity contribution is -0.398. The zero-order valence-electron chi connectivity index (χ0n) is 46.9. The predicted molar refractivity (Wildman–Crippen MR) is 309 cm³/mol. The molecule has 0 aromatic heterocycles. The van der Waals surface area contributed by atoms with E-state index in [-0.39, 0.29) is 85.9 Å². The van der Waals surface area contributed by atoms with Gasteiger partial charge < -0.3 is 71.1 Å². The second-order valence-corrected chi connectivity index (χ2v) is 20.4. The van der Waals surface area contributed by atoms with Crippen molar-refractivity contribution in [1.82, 2.24) is 0 Å². The van der Waals surface area contributed by atoms with E-state index in [2.05, 4.69) is 0 Å². The molecule has 0 aliphatic carbocycles. The molecule has 83 heavy (non-hydrogen) atoms. The van der Waals surface area contributed by atoms with Gasteiger partial charge in [0.15, 0.2) is 17.8 Å². The maximum atomic E-state index is 7.67. The van der Waals surface area contributed by atoms with E-state index >= 15 is 0 Å². The number of para-hydroxylation sites is 2. The topological polar surface area (TPSA) is 138 Å². The molecule has 3 aliphatic rings. The third-order valence-corrected chi connectivity index (χ3v) is 14.3. The van der Waals surface area contributed by atoms with Crippen molar-refractivity contribution >= 4 is 0 Å². The summed E-state index contributed by atoms with van der Waals surface area (Å²) in [5.74, 6) is -0.535. The summed E-state index contributed by atoms with van der Waals surface area (Å²) in [5, 5.41) is 0. The first kappa shape index (κ1) is 59.8. The molecule has 15 heteroatoms. The number of fused-ring (bicyclic) bond motifs is 5. The van der Waals surface area contributed by atoms with E-state index in [9.17, 15) is 0 Å². The molecule has 7 aromatic rings. The Kier molecular flexibility index (Phi) is 23.5. The minimum Gasteiger partial charge on any atom is -0.487 e. The van der Waals surface area contributed by atoms with Crippen LogP contribution < -0.4 is 9.47 Å². The van der Waals surface area contributed by atoms with Gasteiger partial charge in [0.1, 0.15) is 62.5 Å².